The lowest BCUT2D eigenvalue weighted by atomic mass is 10.2. The number of hydrogen-bond donors (Lipinski definition) is 1. The molecule has 0 atom stereocenters. The zero-order valence-electron chi connectivity index (χ0n) is 14.5. The van der Waals surface area contributed by atoms with Crippen molar-refractivity contribution >= 4 is 23.5 Å². The number of aromatic nitrogens is 1. The average molecular weight is 383 g/mol. The summed E-state index contributed by atoms with van der Waals surface area (Å²) in [4.78, 5) is 18.6. The molecule has 1 heterocycles. The Morgan fingerprint density at radius 2 is 1.85 bits per heavy atom. The maximum absolute atomic E-state index is 12.6. The third kappa shape index (κ3) is 5.66. The summed E-state index contributed by atoms with van der Waals surface area (Å²) in [5.74, 6) is 0.294. The van der Waals surface area contributed by atoms with E-state index in [2.05, 4.69) is 15.2 Å². The van der Waals surface area contributed by atoms with Crippen molar-refractivity contribution < 1.29 is 18.0 Å². The zero-order valence-corrected chi connectivity index (χ0v) is 15.3. The summed E-state index contributed by atoms with van der Waals surface area (Å²) < 4.78 is 37.8. The van der Waals surface area contributed by atoms with Gasteiger partial charge in [0.25, 0.3) is 5.91 Å². The number of carbonyl (C=O) groups is 1. The van der Waals surface area contributed by atoms with Crippen LogP contribution in [-0.4, -0.2) is 29.5 Å². The van der Waals surface area contributed by atoms with Gasteiger partial charge in [0.05, 0.1) is 5.56 Å². The first-order valence-corrected chi connectivity index (χ1v) is 8.98. The summed E-state index contributed by atoms with van der Waals surface area (Å²) in [6, 6.07) is 9.38. The van der Waals surface area contributed by atoms with Gasteiger partial charge >= 0.3 is 5.51 Å². The van der Waals surface area contributed by atoms with Crippen LogP contribution in [0.25, 0.3) is 0 Å². The highest BCUT2D eigenvalue weighted by molar-refractivity contribution is 8.00. The molecule has 1 aromatic heterocycles. The number of alkyl halides is 3. The Hall–Kier alpha value is -2.22. The van der Waals surface area contributed by atoms with Crippen LogP contribution >= 0.6 is 11.8 Å². The summed E-state index contributed by atoms with van der Waals surface area (Å²) in [5, 5.41) is 2.64. The maximum Gasteiger partial charge on any atom is 0.446 e. The molecule has 0 saturated carbocycles. The lowest BCUT2D eigenvalue weighted by Gasteiger charge is -2.19. The minimum Gasteiger partial charge on any atom is -0.357 e. The third-order valence-electron chi connectivity index (χ3n) is 3.71. The molecule has 140 valence electrons. The third-order valence-corrected chi connectivity index (χ3v) is 4.51. The van der Waals surface area contributed by atoms with Crippen LogP contribution in [0.3, 0.4) is 0 Å². The predicted octanol–water partition coefficient (Wildman–Crippen LogP) is 4.47. The van der Waals surface area contributed by atoms with Gasteiger partial charge in [-0.2, -0.15) is 13.2 Å². The number of anilines is 1. The van der Waals surface area contributed by atoms with Crippen molar-refractivity contribution in [2.24, 2.45) is 0 Å². The van der Waals surface area contributed by atoms with Crippen molar-refractivity contribution in [3.8, 4) is 0 Å². The van der Waals surface area contributed by atoms with Crippen LogP contribution in [0.5, 0.6) is 0 Å². The van der Waals surface area contributed by atoms with Crippen molar-refractivity contribution in [1.82, 2.24) is 10.3 Å². The number of thioether (sulfide) groups is 1. The molecule has 0 unspecified atom stereocenters. The fraction of sp³-hybridized carbons (Fsp3) is 0.333. The van der Waals surface area contributed by atoms with Crippen LogP contribution in [0.1, 0.15) is 29.8 Å². The Labute approximate surface area is 154 Å². The predicted molar refractivity (Wildman–Crippen MR) is 97.3 cm³/mol. The normalized spacial score (nSPS) is 11.3. The van der Waals surface area contributed by atoms with Gasteiger partial charge in [0.2, 0.25) is 0 Å². The highest BCUT2D eigenvalue weighted by atomic mass is 32.2. The molecular weight excluding hydrogens is 363 g/mol. The fourth-order valence-electron chi connectivity index (χ4n) is 2.40. The minimum absolute atomic E-state index is 0.00236. The Morgan fingerprint density at radius 3 is 2.42 bits per heavy atom. The lowest BCUT2D eigenvalue weighted by Crippen LogP contribution is -2.24. The van der Waals surface area contributed by atoms with Crippen molar-refractivity contribution in [2.45, 2.75) is 30.8 Å². The molecule has 1 N–H and O–H groups in total. The van der Waals surface area contributed by atoms with E-state index in [1.165, 1.54) is 24.3 Å². The standard InChI is InChI=1S/C18H20F3N3OS/c1-3-24(4-2)16-10-9-13(11-22-16)12-23-17(25)14-7-5-6-8-15(14)26-18(19,20)21/h5-11H,3-4,12H2,1-2H3,(H,23,25). The Bertz CT molecular complexity index is 731. The molecule has 0 spiro atoms. The summed E-state index contributed by atoms with van der Waals surface area (Å²) >= 11 is -0.291. The molecule has 8 heteroatoms. The number of halogens is 3. The first-order valence-electron chi connectivity index (χ1n) is 8.17. The van der Waals surface area contributed by atoms with Gasteiger partial charge in [-0.1, -0.05) is 18.2 Å². The molecule has 1 amide bonds. The van der Waals surface area contributed by atoms with Crippen LogP contribution in [0.15, 0.2) is 47.5 Å². The molecule has 1 aromatic carbocycles. The second-order valence-electron chi connectivity index (χ2n) is 5.42. The molecule has 2 aromatic rings. The average Bonchev–Trinajstić information content (AvgIpc) is 2.61. The molecule has 4 nitrogen and oxygen atoms in total. The van der Waals surface area contributed by atoms with Crippen molar-refractivity contribution in [3.05, 3.63) is 53.7 Å². The Balaban J connectivity index is 2.03. The van der Waals surface area contributed by atoms with E-state index in [1.54, 1.807) is 6.20 Å². The zero-order chi connectivity index (χ0) is 19.2. The van der Waals surface area contributed by atoms with Gasteiger partial charge in [-0.3, -0.25) is 4.79 Å². The number of nitrogens with zero attached hydrogens (tertiary/aromatic N) is 2. The first kappa shape index (κ1) is 20.1. The molecule has 0 aliphatic heterocycles. The van der Waals surface area contributed by atoms with E-state index in [0.29, 0.717) is 0 Å². The SMILES string of the molecule is CCN(CC)c1ccc(CNC(=O)c2ccccc2SC(F)(F)F)cn1. The van der Waals surface area contributed by atoms with E-state index < -0.39 is 11.4 Å². The minimum atomic E-state index is -4.44. The van der Waals surface area contributed by atoms with Crippen molar-refractivity contribution in [1.29, 1.82) is 0 Å². The van der Waals surface area contributed by atoms with Crippen LogP contribution in [0, 0.1) is 0 Å². The van der Waals surface area contributed by atoms with Gasteiger partial charge in [-0.05, 0) is 49.4 Å². The van der Waals surface area contributed by atoms with Crippen molar-refractivity contribution in [3.63, 3.8) is 0 Å². The monoisotopic (exact) mass is 383 g/mol. The summed E-state index contributed by atoms with van der Waals surface area (Å²) in [5.41, 5.74) is -3.67. The number of rotatable bonds is 7. The molecule has 0 bridgehead atoms. The molecular formula is C18H20F3N3OS. The van der Waals surface area contributed by atoms with Crippen LogP contribution < -0.4 is 10.2 Å². The molecule has 0 saturated heterocycles. The second kappa shape index (κ2) is 8.93. The molecule has 0 radical (unpaired) electrons. The lowest BCUT2D eigenvalue weighted by molar-refractivity contribution is -0.0328. The fourth-order valence-corrected chi connectivity index (χ4v) is 3.07. The molecule has 0 aliphatic carbocycles. The van der Waals surface area contributed by atoms with Crippen LogP contribution in [0.2, 0.25) is 0 Å². The number of benzene rings is 1. The summed E-state index contributed by atoms with van der Waals surface area (Å²) in [7, 11) is 0. The smallest absolute Gasteiger partial charge is 0.357 e. The van der Waals surface area contributed by atoms with Crippen LogP contribution in [0.4, 0.5) is 19.0 Å². The first-order chi connectivity index (χ1) is 12.3. The summed E-state index contributed by atoms with van der Waals surface area (Å²) in [6.07, 6.45) is 1.66. The highest BCUT2D eigenvalue weighted by Crippen LogP contribution is 2.38. The Morgan fingerprint density at radius 1 is 1.15 bits per heavy atom. The molecule has 0 fully saturated rings. The second-order valence-corrected chi connectivity index (χ2v) is 6.53. The topological polar surface area (TPSA) is 45.2 Å². The van der Waals surface area contributed by atoms with Gasteiger partial charge < -0.3 is 10.2 Å². The quantitative estimate of drug-likeness (QED) is 0.717. The molecule has 2 rings (SSSR count). The summed E-state index contributed by atoms with van der Waals surface area (Å²) in [6.45, 7) is 5.95. The van der Waals surface area contributed by atoms with E-state index in [1.807, 2.05) is 26.0 Å². The number of pyridine rings is 1. The van der Waals surface area contributed by atoms with Gasteiger partial charge in [0.15, 0.2) is 0 Å². The van der Waals surface area contributed by atoms with Crippen LogP contribution in [-0.2, 0) is 6.54 Å². The van der Waals surface area contributed by atoms with Gasteiger partial charge in [0, 0.05) is 30.7 Å². The van der Waals surface area contributed by atoms with Gasteiger partial charge in [-0.25, -0.2) is 4.98 Å². The van der Waals surface area contributed by atoms with E-state index in [0.717, 1.165) is 24.5 Å². The van der Waals surface area contributed by atoms with E-state index >= 15 is 0 Å². The molecule has 0 aliphatic rings. The van der Waals surface area contributed by atoms with Gasteiger partial charge in [0.1, 0.15) is 5.82 Å². The van der Waals surface area contributed by atoms with Gasteiger partial charge in [-0.15, -0.1) is 0 Å². The number of carbonyl (C=O) groups excluding carboxylic acids is 1. The molecule has 26 heavy (non-hydrogen) atoms. The number of amides is 1. The van der Waals surface area contributed by atoms with Crippen molar-refractivity contribution in [2.75, 3.05) is 18.0 Å². The van der Waals surface area contributed by atoms with E-state index in [4.69, 9.17) is 0 Å². The Kier molecular flexibility index (Phi) is 6.90. The largest absolute Gasteiger partial charge is 0.446 e. The number of hydrogen-bond acceptors (Lipinski definition) is 4. The number of nitrogens with one attached hydrogen (secondary N) is 1. The maximum atomic E-state index is 12.6. The highest BCUT2D eigenvalue weighted by Gasteiger charge is 2.31. The van der Waals surface area contributed by atoms with E-state index in [9.17, 15) is 18.0 Å². The van der Waals surface area contributed by atoms with E-state index in [-0.39, 0.29) is 28.8 Å².